The van der Waals surface area contributed by atoms with Crippen LogP contribution in [0.4, 0.5) is 0 Å². The van der Waals surface area contributed by atoms with Crippen LogP contribution >= 0.6 is 11.3 Å². The molecule has 0 aliphatic carbocycles. The number of carbonyl (C=O) groups is 1. The Morgan fingerprint density at radius 1 is 0.788 bits per heavy atom. The van der Waals surface area contributed by atoms with E-state index in [2.05, 4.69) is 87.5 Å². The molecule has 1 nitrogen and oxygen atoms in total. The van der Waals surface area contributed by atoms with E-state index in [4.69, 9.17) is 0 Å². The molecule has 0 spiro atoms. The van der Waals surface area contributed by atoms with Crippen molar-refractivity contribution in [3.05, 3.63) is 118 Å². The van der Waals surface area contributed by atoms with Crippen molar-refractivity contribution >= 4 is 17.1 Å². The molecule has 1 aromatic heterocycles. The Balaban J connectivity index is 1.50. The molecule has 4 aromatic rings. The molecule has 0 saturated heterocycles. The molecule has 0 aliphatic rings. The molecule has 0 amide bonds. The molecule has 1 atom stereocenters. The van der Waals surface area contributed by atoms with Gasteiger partial charge in [0.2, 0.25) is 0 Å². The molecular weight excluding hydrogens is 420 g/mol. The number of hydrogen-bond acceptors (Lipinski definition) is 2. The van der Waals surface area contributed by atoms with Crippen molar-refractivity contribution in [2.45, 2.75) is 46.0 Å². The first-order valence-corrected chi connectivity index (χ1v) is 12.7. The van der Waals surface area contributed by atoms with Crippen molar-refractivity contribution in [1.29, 1.82) is 0 Å². The summed E-state index contributed by atoms with van der Waals surface area (Å²) in [6.07, 6.45) is 2.57. The number of thiophene rings is 1. The largest absolute Gasteiger partial charge is 0.293 e. The molecule has 0 aliphatic heterocycles. The topological polar surface area (TPSA) is 17.1 Å². The first kappa shape index (κ1) is 23.2. The Morgan fingerprint density at radius 3 is 2.21 bits per heavy atom. The Hall–Kier alpha value is -2.97. The van der Waals surface area contributed by atoms with Gasteiger partial charge in [0.15, 0.2) is 5.78 Å². The van der Waals surface area contributed by atoms with Gasteiger partial charge >= 0.3 is 0 Å². The molecule has 1 heterocycles. The van der Waals surface area contributed by atoms with Crippen molar-refractivity contribution < 1.29 is 4.79 Å². The van der Waals surface area contributed by atoms with Crippen molar-refractivity contribution in [2.75, 3.05) is 0 Å². The number of carbonyl (C=O) groups excluding carboxylic acids is 1. The van der Waals surface area contributed by atoms with E-state index in [0.29, 0.717) is 5.92 Å². The second kappa shape index (κ2) is 10.8. The van der Waals surface area contributed by atoms with Crippen LogP contribution in [0.3, 0.4) is 0 Å². The summed E-state index contributed by atoms with van der Waals surface area (Å²) in [5.41, 5.74) is 6.43. The third-order valence-electron chi connectivity index (χ3n) is 6.27. The van der Waals surface area contributed by atoms with Crippen LogP contribution in [-0.2, 0) is 12.8 Å². The minimum atomic E-state index is 0.0264. The maximum atomic E-state index is 13.2. The molecule has 2 heteroatoms. The van der Waals surface area contributed by atoms with E-state index in [1.54, 1.807) is 11.3 Å². The first-order valence-electron chi connectivity index (χ1n) is 11.9. The van der Waals surface area contributed by atoms with E-state index in [0.717, 1.165) is 29.0 Å². The molecular formula is C31H32OS. The van der Waals surface area contributed by atoms with Crippen LogP contribution in [0.2, 0.25) is 0 Å². The van der Waals surface area contributed by atoms with Crippen LogP contribution in [-0.4, -0.2) is 5.78 Å². The van der Waals surface area contributed by atoms with Gasteiger partial charge in [-0.3, -0.25) is 4.79 Å². The minimum absolute atomic E-state index is 0.0264. The van der Waals surface area contributed by atoms with Crippen LogP contribution in [0.1, 0.15) is 65.0 Å². The van der Waals surface area contributed by atoms with Gasteiger partial charge in [0.1, 0.15) is 0 Å². The third-order valence-corrected chi connectivity index (χ3v) is 7.42. The maximum Gasteiger partial charge on any atom is 0.176 e. The molecule has 0 N–H and O–H groups in total. The number of benzene rings is 3. The molecule has 1 unspecified atom stereocenters. The summed E-state index contributed by atoms with van der Waals surface area (Å²) in [5, 5.41) is 0. The lowest BCUT2D eigenvalue weighted by atomic mass is 9.92. The highest BCUT2D eigenvalue weighted by Crippen LogP contribution is 2.31. The van der Waals surface area contributed by atoms with Gasteiger partial charge in [0.25, 0.3) is 0 Å². The average Bonchev–Trinajstić information content (AvgIpc) is 3.33. The predicted molar refractivity (Wildman–Crippen MR) is 141 cm³/mol. The lowest BCUT2D eigenvalue weighted by molar-refractivity contribution is 0.0920. The predicted octanol–water partition coefficient (Wildman–Crippen LogP) is 8.58. The van der Waals surface area contributed by atoms with E-state index in [9.17, 15) is 4.79 Å². The Bertz CT molecular complexity index is 1200. The number of rotatable bonds is 9. The highest BCUT2D eigenvalue weighted by molar-refractivity contribution is 7.17. The number of hydrogen-bond donors (Lipinski definition) is 0. The van der Waals surface area contributed by atoms with E-state index < -0.39 is 0 Å². The molecule has 3 aromatic carbocycles. The SMILES string of the molecule is CCC(Cc1ccccc1)C(=O)c1ccc(-c2cccc(Cc3cccc(C(C)C)c3)c2)s1. The molecule has 33 heavy (non-hydrogen) atoms. The number of Topliss-reactive ketones (excluding diaryl/α,β-unsaturated/α-hetero) is 1. The summed E-state index contributed by atoms with van der Waals surface area (Å²) in [6, 6.07) is 32.1. The number of ketones is 1. The fraction of sp³-hybridized carbons (Fsp3) is 0.258. The standard InChI is InChI=1S/C31H32OS/c1-4-26(19-23-10-6-5-7-11-23)31(32)30-17-16-29(33-30)28-15-9-13-25(21-28)18-24-12-8-14-27(20-24)22(2)3/h5-17,20-22,26H,4,18-19H2,1-3H3. The lowest BCUT2D eigenvalue weighted by Crippen LogP contribution is -2.15. The van der Waals surface area contributed by atoms with Crippen molar-refractivity contribution in [2.24, 2.45) is 5.92 Å². The van der Waals surface area contributed by atoms with Gasteiger partial charge in [-0.15, -0.1) is 11.3 Å². The average molecular weight is 453 g/mol. The van der Waals surface area contributed by atoms with Crippen molar-refractivity contribution in [3.63, 3.8) is 0 Å². The summed E-state index contributed by atoms with van der Waals surface area (Å²) in [7, 11) is 0. The van der Waals surface area contributed by atoms with Gasteiger partial charge < -0.3 is 0 Å². The smallest absolute Gasteiger partial charge is 0.176 e. The van der Waals surface area contributed by atoms with Crippen LogP contribution in [0.25, 0.3) is 10.4 Å². The Kier molecular flexibility index (Phi) is 7.57. The summed E-state index contributed by atoms with van der Waals surface area (Å²) in [5.74, 6) is 0.824. The summed E-state index contributed by atoms with van der Waals surface area (Å²) in [4.78, 5) is 15.3. The van der Waals surface area contributed by atoms with Gasteiger partial charge in [0, 0.05) is 10.8 Å². The molecule has 168 valence electrons. The molecule has 0 fully saturated rings. The van der Waals surface area contributed by atoms with Gasteiger partial charge in [0.05, 0.1) is 4.88 Å². The molecule has 4 rings (SSSR count). The zero-order chi connectivity index (χ0) is 23.2. The quantitative estimate of drug-likeness (QED) is 0.232. The van der Waals surface area contributed by atoms with Crippen LogP contribution in [0, 0.1) is 5.92 Å². The lowest BCUT2D eigenvalue weighted by Gasteiger charge is -2.12. The fourth-order valence-electron chi connectivity index (χ4n) is 4.28. The van der Waals surface area contributed by atoms with Gasteiger partial charge in [-0.25, -0.2) is 0 Å². The zero-order valence-corrected chi connectivity index (χ0v) is 20.6. The van der Waals surface area contributed by atoms with Gasteiger partial charge in [-0.1, -0.05) is 99.6 Å². The summed E-state index contributed by atoms with van der Waals surface area (Å²) >= 11 is 1.62. The Labute approximate surface area is 202 Å². The van der Waals surface area contributed by atoms with Gasteiger partial charge in [-0.2, -0.15) is 0 Å². The van der Waals surface area contributed by atoms with E-state index >= 15 is 0 Å². The van der Waals surface area contributed by atoms with Gasteiger partial charge in [-0.05, 0) is 65.1 Å². The minimum Gasteiger partial charge on any atom is -0.293 e. The summed E-state index contributed by atoms with van der Waals surface area (Å²) < 4.78 is 0. The van der Waals surface area contributed by atoms with Crippen LogP contribution in [0.15, 0.2) is 91.0 Å². The third kappa shape index (κ3) is 5.89. The Morgan fingerprint density at radius 2 is 1.48 bits per heavy atom. The molecule has 0 radical (unpaired) electrons. The maximum absolute atomic E-state index is 13.2. The second-order valence-corrected chi connectivity index (χ2v) is 10.2. The van der Waals surface area contributed by atoms with Crippen LogP contribution in [0.5, 0.6) is 0 Å². The molecule has 0 saturated carbocycles. The molecule has 0 bridgehead atoms. The van der Waals surface area contributed by atoms with Crippen LogP contribution < -0.4 is 0 Å². The zero-order valence-electron chi connectivity index (χ0n) is 19.8. The summed E-state index contributed by atoms with van der Waals surface area (Å²) in [6.45, 7) is 6.58. The van der Waals surface area contributed by atoms with Crippen molar-refractivity contribution in [3.8, 4) is 10.4 Å². The normalized spacial score (nSPS) is 12.1. The van der Waals surface area contributed by atoms with E-state index in [1.807, 2.05) is 24.3 Å². The first-order chi connectivity index (χ1) is 16.0. The van der Waals surface area contributed by atoms with E-state index in [1.165, 1.54) is 27.8 Å². The van der Waals surface area contributed by atoms with E-state index in [-0.39, 0.29) is 11.7 Å². The second-order valence-electron chi connectivity index (χ2n) is 9.10. The monoisotopic (exact) mass is 452 g/mol. The highest BCUT2D eigenvalue weighted by atomic mass is 32.1. The van der Waals surface area contributed by atoms with Crippen molar-refractivity contribution in [1.82, 2.24) is 0 Å². The fourth-order valence-corrected chi connectivity index (χ4v) is 5.30. The highest BCUT2D eigenvalue weighted by Gasteiger charge is 2.20.